The number of aryl methyl sites for hydroxylation is 1. The normalized spacial score (nSPS) is 13.5. The van der Waals surface area contributed by atoms with Gasteiger partial charge in [0.15, 0.2) is 0 Å². The number of pyridine rings is 2. The zero-order valence-electron chi connectivity index (χ0n) is 19.2. The molecule has 1 amide bonds. The first kappa shape index (κ1) is 22.9. The maximum Gasteiger partial charge on any atom is 0.255 e. The molecule has 1 aromatic carbocycles. The number of anilines is 2. The summed E-state index contributed by atoms with van der Waals surface area (Å²) in [6.45, 7) is 6.38. The number of hydrogen-bond donors (Lipinski definition) is 2. The van der Waals surface area contributed by atoms with Gasteiger partial charge in [0.05, 0.1) is 28.8 Å². The minimum atomic E-state index is -0.806. The molecule has 0 unspecified atom stereocenters. The van der Waals surface area contributed by atoms with Crippen LogP contribution in [0, 0.1) is 29.6 Å². The highest BCUT2D eigenvalue weighted by molar-refractivity contribution is 6.04. The van der Waals surface area contributed by atoms with Gasteiger partial charge in [-0.2, -0.15) is 10.5 Å². The third kappa shape index (κ3) is 4.45. The number of nitriles is 2. The van der Waals surface area contributed by atoms with Gasteiger partial charge in [-0.25, -0.2) is 4.98 Å². The Morgan fingerprint density at radius 2 is 1.94 bits per heavy atom. The maximum absolute atomic E-state index is 12.9. The molecule has 4 rings (SSSR count). The third-order valence-electron chi connectivity index (χ3n) is 5.90. The molecule has 2 N–H and O–H groups in total. The first-order valence-corrected chi connectivity index (χ1v) is 10.8. The predicted molar refractivity (Wildman–Crippen MR) is 128 cm³/mol. The van der Waals surface area contributed by atoms with Crippen molar-refractivity contribution in [3.8, 4) is 23.3 Å². The van der Waals surface area contributed by atoms with Gasteiger partial charge in [-0.05, 0) is 62.2 Å². The number of benzene rings is 1. The van der Waals surface area contributed by atoms with Crippen molar-refractivity contribution in [2.24, 2.45) is 0 Å². The lowest BCUT2D eigenvalue weighted by Gasteiger charge is -2.37. The molecule has 0 bridgehead atoms. The number of aromatic nitrogens is 2. The summed E-state index contributed by atoms with van der Waals surface area (Å²) in [5, 5.41) is 31.5. The van der Waals surface area contributed by atoms with Crippen LogP contribution in [0.2, 0.25) is 0 Å². The molecule has 8 nitrogen and oxygen atoms in total. The van der Waals surface area contributed by atoms with Crippen LogP contribution in [-0.4, -0.2) is 40.2 Å². The van der Waals surface area contributed by atoms with E-state index in [9.17, 15) is 20.4 Å². The van der Waals surface area contributed by atoms with Gasteiger partial charge >= 0.3 is 0 Å². The van der Waals surface area contributed by atoms with Gasteiger partial charge in [-0.1, -0.05) is 6.07 Å². The van der Waals surface area contributed by atoms with Crippen LogP contribution < -0.4 is 10.2 Å². The molecule has 1 aliphatic heterocycles. The van der Waals surface area contributed by atoms with E-state index in [1.54, 1.807) is 38.2 Å². The molecule has 1 fully saturated rings. The molecule has 0 saturated carbocycles. The highest BCUT2D eigenvalue weighted by Crippen LogP contribution is 2.31. The standard InChI is InChI=1S/C26H24N6O2/c1-16-4-5-20(31-25(34)17-6-7-29-23(9-17)26(2,3)15-28)10-22(16)19-8-18(11-27)24(30-12-19)32-13-21(33)14-32/h4-10,12,21,33H,13-14H2,1-3H3,(H,31,34). The van der Waals surface area contributed by atoms with E-state index >= 15 is 0 Å². The van der Waals surface area contributed by atoms with Gasteiger partial charge in [0.25, 0.3) is 5.91 Å². The summed E-state index contributed by atoms with van der Waals surface area (Å²) in [6, 6.07) is 15.0. The van der Waals surface area contributed by atoms with Crippen LogP contribution in [0.1, 0.15) is 41.0 Å². The van der Waals surface area contributed by atoms with Gasteiger partial charge in [-0.15, -0.1) is 0 Å². The summed E-state index contributed by atoms with van der Waals surface area (Å²) < 4.78 is 0. The van der Waals surface area contributed by atoms with Crippen LogP contribution in [0.4, 0.5) is 11.5 Å². The lowest BCUT2D eigenvalue weighted by molar-refractivity contribution is 0.102. The summed E-state index contributed by atoms with van der Waals surface area (Å²) in [7, 11) is 0. The first-order valence-electron chi connectivity index (χ1n) is 10.8. The number of nitrogens with one attached hydrogen (secondary N) is 1. The van der Waals surface area contributed by atoms with E-state index in [2.05, 4.69) is 27.4 Å². The largest absolute Gasteiger partial charge is 0.389 e. The lowest BCUT2D eigenvalue weighted by Crippen LogP contribution is -2.51. The zero-order chi connectivity index (χ0) is 24.5. The molecule has 0 aliphatic carbocycles. The fraction of sp³-hybridized carbons (Fsp3) is 0.269. The Bertz CT molecular complexity index is 1350. The molecule has 1 saturated heterocycles. The van der Waals surface area contributed by atoms with Crippen molar-refractivity contribution in [1.29, 1.82) is 10.5 Å². The van der Waals surface area contributed by atoms with Crippen LogP contribution in [0.3, 0.4) is 0 Å². The molecule has 2 aromatic heterocycles. The Kier molecular flexibility index (Phi) is 6.02. The van der Waals surface area contributed by atoms with Crippen LogP contribution in [0.15, 0.2) is 48.8 Å². The number of hydrogen-bond acceptors (Lipinski definition) is 7. The molecular weight excluding hydrogens is 428 g/mol. The second-order valence-electron chi connectivity index (χ2n) is 8.92. The summed E-state index contributed by atoms with van der Waals surface area (Å²) >= 11 is 0. The number of amides is 1. The molecule has 8 heteroatoms. The number of carbonyl (C=O) groups is 1. The van der Waals surface area contributed by atoms with Crippen molar-refractivity contribution in [1.82, 2.24) is 9.97 Å². The van der Waals surface area contributed by atoms with Gasteiger partial charge in [-0.3, -0.25) is 9.78 Å². The maximum atomic E-state index is 12.9. The Balaban J connectivity index is 1.60. The Labute approximate surface area is 198 Å². The predicted octanol–water partition coefficient (Wildman–Crippen LogP) is 3.56. The minimum absolute atomic E-state index is 0.310. The number of rotatable bonds is 5. The van der Waals surface area contributed by atoms with Crippen LogP contribution in [-0.2, 0) is 5.41 Å². The fourth-order valence-corrected chi connectivity index (χ4v) is 3.75. The van der Waals surface area contributed by atoms with E-state index in [0.29, 0.717) is 41.4 Å². The molecule has 0 spiro atoms. The minimum Gasteiger partial charge on any atom is -0.389 e. The average molecular weight is 453 g/mol. The van der Waals surface area contributed by atoms with Crippen LogP contribution >= 0.6 is 0 Å². The molecule has 170 valence electrons. The molecule has 3 heterocycles. The molecule has 3 aromatic rings. The number of aliphatic hydroxyl groups excluding tert-OH is 1. The van der Waals surface area contributed by atoms with Crippen molar-refractivity contribution < 1.29 is 9.90 Å². The zero-order valence-corrected chi connectivity index (χ0v) is 19.2. The van der Waals surface area contributed by atoms with Crippen molar-refractivity contribution in [3.05, 3.63) is 71.2 Å². The number of β-amino-alcohol motifs (C(OH)–C–C–N with tert-alkyl or cyclic N) is 1. The first-order chi connectivity index (χ1) is 16.2. The van der Waals surface area contributed by atoms with E-state index in [1.807, 2.05) is 30.0 Å². The monoisotopic (exact) mass is 452 g/mol. The molecule has 1 aliphatic rings. The van der Waals surface area contributed by atoms with Gasteiger partial charge < -0.3 is 15.3 Å². The summed E-state index contributed by atoms with van der Waals surface area (Å²) in [5.74, 6) is 0.252. The van der Waals surface area contributed by atoms with Crippen molar-refractivity contribution in [2.45, 2.75) is 32.3 Å². The number of aliphatic hydroxyl groups is 1. The fourth-order valence-electron chi connectivity index (χ4n) is 3.75. The average Bonchev–Trinajstić information content (AvgIpc) is 2.83. The topological polar surface area (TPSA) is 126 Å². The van der Waals surface area contributed by atoms with Crippen molar-refractivity contribution in [3.63, 3.8) is 0 Å². The summed E-state index contributed by atoms with van der Waals surface area (Å²) in [4.78, 5) is 23.5. The van der Waals surface area contributed by atoms with Crippen molar-refractivity contribution in [2.75, 3.05) is 23.3 Å². The lowest BCUT2D eigenvalue weighted by atomic mass is 9.90. The molecule has 0 atom stereocenters. The third-order valence-corrected chi connectivity index (χ3v) is 5.90. The van der Waals surface area contributed by atoms with Crippen LogP contribution in [0.5, 0.6) is 0 Å². The molecular formula is C26H24N6O2. The summed E-state index contributed by atoms with van der Waals surface area (Å²) in [5.41, 5.74) is 3.73. The number of nitrogens with zero attached hydrogens (tertiary/aromatic N) is 5. The van der Waals surface area contributed by atoms with E-state index in [0.717, 1.165) is 16.7 Å². The highest BCUT2D eigenvalue weighted by Gasteiger charge is 2.28. The highest BCUT2D eigenvalue weighted by atomic mass is 16.3. The molecule has 0 radical (unpaired) electrons. The Hall–Kier alpha value is -4.27. The Morgan fingerprint density at radius 1 is 1.18 bits per heavy atom. The quantitative estimate of drug-likeness (QED) is 0.606. The van der Waals surface area contributed by atoms with Crippen LogP contribution in [0.25, 0.3) is 11.1 Å². The van der Waals surface area contributed by atoms with E-state index in [4.69, 9.17) is 0 Å². The van der Waals surface area contributed by atoms with Gasteiger partial charge in [0.1, 0.15) is 11.9 Å². The van der Waals surface area contributed by atoms with Gasteiger partial charge in [0, 0.05) is 42.3 Å². The Morgan fingerprint density at radius 3 is 2.62 bits per heavy atom. The van der Waals surface area contributed by atoms with E-state index < -0.39 is 11.5 Å². The van der Waals surface area contributed by atoms with Gasteiger partial charge in [0.2, 0.25) is 0 Å². The second kappa shape index (κ2) is 8.93. The summed E-state index contributed by atoms with van der Waals surface area (Å²) in [6.07, 6.45) is 2.84. The van der Waals surface area contributed by atoms with Crippen molar-refractivity contribution >= 4 is 17.4 Å². The smallest absolute Gasteiger partial charge is 0.255 e. The van der Waals surface area contributed by atoms with E-state index in [-0.39, 0.29) is 5.91 Å². The number of carbonyl (C=O) groups excluding carboxylic acids is 1. The SMILES string of the molecule is Cc1ccc(NC(=O)c2ccnc(C(C)(C)C#N)c2)cc1-c1cnc(N2CC(O)C2)c(C#N)c1. The van der Waals surface area contributed by atoms with E-state index in [1.165, 1.54) is 6.20 Å². The second-order valence-corrected chi connectivity index (χ2v) is 8.92. The molecule has 34 heavy (non-hydrogen) atoms.